The van der Waals surface area contributed by atoms with Crippen LogP contribution in [0.15, 0.2) is 66.0 Å². The first-order chi connectivity index (χ1) is 13.6. The Balaban J connectivity index is 1.54. The second-order valence-corrected chi connectivity index (χ2v) is 7.55. The van der Waals surface area contributed by atoms with Crippen molar-refractivity contribution in [3.05, 3.63) is 76.5 Å². The first-order valence-corrected chi connectivity index (χ1v) is 10.0. The van der Waals surface area contributed by atoms with Gasteiger partial charge in [-0.05, 0) is 42.5 Å². The van der Waals surface area contributed by atoms with E-state index < -0.39 is 6.10 Å². The lowest BCUT2D eigenvalue weighted by Crippen LogP contribution is -2.45. The maximum absolute atomic E-state index is 12.7. The number of ether oxygens (including phenoxy) is 1. The summed E-state index contributed by atoms with van der Waals surface area (Å²) >= 11 is 1.39. The number of nitrogens with one attached hydrogen (secondary N) is 1. The van der Waals surface area contributed by atoms with Crippen molar-refractivity contribution in [2.45, 2.75) is 19.4 Å². The van der Waals surface area contributed by atoms with Crippen LogP contribution in [0.5, 0.6) is 5.75 Å². The van der Waals surface area contributed by atoms with Crippen LogP contribution in [0.1, 0.15) is 22.2 Å². The van der Waals surface area contributed by atoms with Gasteiger partial charge in [-0.15, -0.1) is 11.3 Å². The van der Waals surface area contributed by atoms with Crippen LogP contribution in [0.3, 0.4) is 0 Å². The number of fused-ring (bicyclic) bond motifs is 1. The molecule has 2 aromatic carbocycles. The van der Waals surface area contributed by atoms with E-state index >= 15 is 0 Å². The van der Waals surface area contributed by atoms with Crippen molar-refractivity contribution in [3.63, 3.8) is 0 Å². The Kier molecular flexibility index (Phi) is 5.12. The minimum atomic E-state index is -0.563. The maximum Gasteiger partial charge on any atom is 0.267 e. The molecule has 6 heteroatoms. The molecule has 3 aromatic rings. The highest BCUT2D eigenvalue weighted by Gasteiger charge is 2.31. The molecule has 0 spiro atoms. The van der Waals surface area contributed by atoms with Crippen LogP contribution in [0, 0.1) is 0 Å². The van der Waals surface area contributed by atoms with Crippen molar-refractivity contribution in [2.24, 2.45) is 0 Å². The number of hydrogen-bond donors (Lipinski definition) is 1. The molecule has 28 heavy (non-hydrogen) atoms. The fourth-order valence-corrected chi connectivity index (χ4v) is 3.82. The van der Waals surface area contributed by atoms with E-state index in [4.69, 9.17) is 4.74 Å². The molecule has 0 fully saturated rings. The summed E-state index contributed by atoms with van der Waals surface area (Å²) in [5.41, 5.74) is 2.55. The highest BCUT2D eigenvalue weighted by molar-refractivity contribution is 7.12. The molecule has 4 rings (SSSR count). The topological polar surface area (TPSA) is 58.6 Å². The molecule has 1 aliphatic heterocycles. The van der Waals surface area contributed by atoms with Gasteiger partial charge in [0.25, 0.3) is 11.8 Å². The van der Waals surface area contributed by atoms with Gasteiger partial charge in [0, 0.05) is 18.3 Å². The Morgan fingerprint density at radius 2 is 1.96 bits per heavy atom. The second-order valence-electron chi connectivity index (χ2n) is 6.60. The normalized spacial score (nSPS) is 15.7. The maximum atomic E-state index is 12.7. The second kappa shape index (κ2) is 7.86. The third kappa shape index (κ3) is 3.77. The largest absolute Gasteiger partial charge is 0.479 e. The van der Waals surface area contributed by atoms with Crippen molar-refractivity contribution in [2.75, 3.05) is 16.8 Å². The monoisotopic (exact) mass is 392 g/mol. The zero-order valence-corrected chi connectivity index (χ0v) is 16.2. The van der Waals surface area contributed by atoms with Gasteiger partial charge in [-0.1, -0.05) is 36.4 Å². The number of anilines is 2. The number of carbonyl (C=O) groups excluding carboxylic acids is 2. The lowest BCUT2D eigenvalue weighted by Gasteiger charge is -2.33. The van der Waals surface area contributed by atoms with Crippen LogP contribution < -0.4 is 15.0 Å². The first-order valence-electron chi connectivity index (χ1n) is 9.12. The van der Waals surface area contributed by atoms with Gasteiger partial charge < -0.3 is 15.0 Å². The van der Waals surface area contributed by atoms with Crippen LogP contribution in [0.2, 0.25) is 0 Å². The predicted octanol–water partition coefficient (Wildman–Crippen LogP) is 4.36. The number of hydrogen-bond acceptors (Lipinski definition) is 4. The van der Waals surface area contributed by atoms with Gasteiger partial charge in [0.05, 0.1) is 10.6 Å². The van der Waals surface area contributed by atoms with Crippen LogP contribution in [-0.4, -0.2) is 24.5 Å². The molecular formula is C22H20N2O3S. The van der Waals surface area contributed by atoms with Gasteiger partial charge in [0.15, 0.2) is 6.10 Å². The van der Waals surface area contributed by atoms with E-state index in [1.807, 2.05) is 35.7 Å². The number of benzene rings is 2. The molecular weight excluding hydrogens is 372 g/mol. The van der Waals surface area contributed by atoms with Crippen molar-refractivity contribution in [1.29, 1.82) is 0 Å². The van der Waals surface area contributed by atoms with E-state index in [-0.39, 0.29) is 11.8 Å². The van der Waals surface area contributed by atoms with E-state index in [1.165, 1.54) is 16.9 Å². The highest BCUT2D eigenvalue weighted by Crippen LogP contribution is 2.36. The molecule has 2 amide bonds. The van der Waals surface area contributed by atoms with Gasteiger partial charge >= 0.3 is 0 Å². The van der Waals surface area contributed by atoms with Gasteiger partial charge in [-0.25, -0.2) is 0 Å². The molecule has 0 saturated heterocycles. The predicted molar refractivity (Wildman–Crippen MR) is 111 cm³/mol. The molecule has 5 nitrogen and oxygen atoms in total. The standard InChI is InChI=1S/C22H20N2O3S/c1-15-22(26)24(12-11-16-6-3-2-4-7-16)18-10-9-17(14-19(18)27-15)23-21(25)20-8-5-13-28-20/h2-10,13-15H,11-12H2,1H3,(H,23,25). The lowest BCUT2D eigenvalue weighted by atomic mass is 10.1. The fourth-order valence-electron chi connectivity index (χ4n) is 3.20. The molecule has 0 radical (unpaired) electrons. The quantitative estimate of drug-likeness (QED) is 0.702. The van der Waals surface area contributed by atoms with Gasteiger partial charge in [-0.3, -0.25) is 9.59 Å². The summed E-state index contributed by atoms with van der Waals surface area (Å²) in [6, 6.07) is 19.1. The third-order valence-corrected chi connectivity index (χ3v) is 5.51. The van der Waals surface area contributed by atoms with Gasteiger partial charge in [0.1, 0.15) is 5.75 Å². The van der Waals surface area contributed by atoms with Crippen molar-refractivity contribution in [3.8, 4) is 5.75 Å². The van der Waals surface area contributed by atoms with Gasteiger partial charge in [0.2, 0.25) is 0 Å². The molecule has 1 aromatic heterocycles. The third-order valence-electron chi connectivity index (χ3n) is 4.64. The average Bonchev–Trinajstić information content (AvgIpc) is 3.24. The molecule has 1 aliphatic rings. The molecule has 142 valence electrons. The summed E-state index contributed by atoms with van der Waals surface area (Å²) in [6.07, 6.45) is 0.196. The SMILES string of the molecule is CC1Oc2cc(NC(=O)c3cccs3)ccc2N(CCc2ccccc2)C1=O. The smallest absolute Gasteiger partial charge is 0.267 e. The molecule has 0 saturated carbocycles. The van der Waals surface area contributed by atoms with E-state index in [9.17, 15) is 9.59 Å². The molecule has 2 heterocycles. The fraction of sp³-hybridized carbons (Fsp3) is 0.182. The minimum Gasteiger partial charge on any atom is -0.479 e. The number of carbonyl (C=O) groups is 2. The van der Waals surface area contributed by atoms with Crippen LogP contribution in [-0.2, 0) is 11.2 Å². The summed E-state index contributed by atoms with van der Waals surface area (Å²) in [5, 5.41) is 4.75. The Morgan fingerprint density at radius 1 is 1.14 bits per heavy atom. The average molecular weight is 392 g/mol. The summed E-state index contributed by atoms with van der Waals surface area (Å²) in [7, 11) is 0. The Hall–Kier alpha value is -3.12. The zero-order valence-electron chi connectivity index (χ0n) is 15.4. The molecule has 1 unspecified atom stereocenters. The number of amides is 2. The number of nitrogens with zero attached hydrogens (tertiary/aromatic N) is 1. The summed E-state index contributed by atoms with van der Waals surface area (Å²) in [4.78, 5) is 27.3. The van der Waals surface area contributed by atoms with E-state index in [1.54, 1.807) is 30.0 Å². The van der Waals surface area contributed by atoms with Crippen LogP contribution in [0.4, 0.5) is 11.4 Å². The molecule has 1 N–H and O–H groups in total. The van der Waals surface area contributed by atoms with Gasteiger partial charge in [-0.2, -0.15) is 0 Å². The molecule has 1 atom stereocenters. The van der Waals surface area contributed by atoms with Crippen molar-refractivity contribution < 1.29 is 14.3 Å². The van der Waals surface area contributed by atoms with Crippen molar-refractivity contribution in [1.82, 2.24) is 0 Å². The Bertz CT molecular complexity index is 986. The summed E-state index contributed by atoms with van der Waals surface area (Å²) in [5.74, 6) is 0.388. The Labute approximate surface area is 167 Å². The lowest BCUT2D eigenvalue weighted by molar-refractivity contribution is -0.125. The van der Waals surface area contributed by atoms with E-state index in [0.29, 0.717) is 22.9 Å². The summed E-state index contributed by atoms with van der Waals surface area (Å²) in [6.45, 7) is 2.32. The zero-order chi connectivity index (χ0) is 19.5. The van der Waals surface area contributed by atoms with Crippen LogP contribution >= 0.6 is 11.3 Å². The van der Waals surface area contributed by atoms with E-state index in [2.05, 4.69) is 17.4 Å². The molecule has 0 aliphatic carbocycles. The molecule has 0 bridgehead atoms. The van der Waals surface area contributed by atoms with Crippen molar-refractivity contribution >= 4 is 34.5 Å². The Morgan fingerprint density at radius 3 is 2.71 bits per heavy atom. The minimum absolute atomic E-state index is 0.0567. The van der Waals surface area contributed by atoms with E-state index in [0.717, 1.165) is 12.1 Å². The number of rotatable bonds is 5. The summed E-state index contributed by atoms with van der Waals surface area (Å²) < 4.78 is 5.80. The van der Waals surface area contributed by atoms with Crippen LogP contribution in [0.25, 0.3) is 0 Å². The highest BCUT2D eigenvalue weighted by atomic mass is 32.1. The number of thiophene rings is 1. The first kappa shape index (κ1) is 18.3.